The molecule has 2 aromatic rings. The molecule has 0 aromatic carbocycles. The van der Waals surface area contributed by atoms with Gasteiger partial charge in [0.1, 0.15) is 11.4 Å². The molecule has 1 aliphatic rings. The summed E-state index contributed by atoms with van der Waals surface area (Å²) < 4.78 is 4.93. The van der Waals surface area contributed by atoms with Crippen molar-refractivity contribution in [3.63, 3.8) is 0 Å². The highest BCUT2D eigenvalue weighted by Gasteiger charge is 2.29. The topological polar surface area (TPSA) is 127 Å². The van der Waals surface area contributed by atoms with Crippen molar-refractivity contribution in [2.75, 3.05) is 43.4 Å². The van der Waals surface area contributed by atoms with Crippen molar-refractivity contribution >= 4 is 35.4 Å². The number of carbonyl (C=O) groups is 2. The molecule has 0 bridgehead atoms. The van der Waals surface area contributed by atoms with E-state index < -0.39 is 5.97 Å². The van der Waals surface area contributed by atoms with E-state index in [4.69, 9.17) is 10.5 Å². The zero-order valence-electron chi connectivity index (χ0n) is 17.0. The number of piperazine rings is 1. The Morgan fingerprint density at radius 3 is 2.47 bits per heavy atom. The number of hydrogen-bond acceptors (Lipinski definition) is 10. The summed E-state index contributed by atoms with van der Waals surface area (Å²) in [4.78, 5) is 45.7. The summed E-state index contributed by atoms with van der Waals surface area (Å²) in [5.41, 5.74) is 6.01. The van der Waals surface area contributed by atoms with E-state index >= 15 is 0 Å². The van der Waals surface area contributed by atoms with Gasteiger partial charge in [0.05, 0.1) is 11.9 Å². The molecule has 10 nitrogen and oxygen atoms in total. The van der Waals surface area contributed by atoms with Gasteiger partial charge in [-0.15, -0.1) is 0 Å². The molecule has 160 valence electrons. The molecule has 3 heterocycles. The Labute approximate surface area is 179 Å². The molecule has 11 heteroatoms. The molecule has 1 atom stereocenters. The van der Waals surface area contributed by atoms with Gasteiger partial charge in [-0.05, 0) is 19.4 Å². The summed E-state index contributed by atoms with van der Waals surface area (Å²) in [6.07, 6.45) is 5.39. The number of anilines is 2. The van der Waals surface area contributed by atoms with Crippen LogP contribution in [0.5, 0.6) is 0 Å². The zero-order chi connectivity index (χ0) is 21.5. The molecule has 30 heavy (non-hydrogen) atoms. The predicted octanol–water partition coefficient (Wildman–Crippen LogP) is 1.24. The van der Waals surface area contributed by atoms with Crippen LogP contribution in [0.1, 0.15) is 30.6 Å². The number of rotatable bonds is 7. The number of nitrogens with zero attached hydrogens (tertiary/aromatic N) is 6. The van der Waals surface area contributed by atoms with Gasteiger partial charge in [0.2, 0.25) is 11.9 Å². The third-order valence-electron chi connectivity index (χ3n) is 4.61. The first-order valence-corrected chi connectivity index (χ1v) is 10.7. The fraction of sp³-hybridized carbons (Fsp3) is 0.474. The summed E-state index contributed by atoms with van der Waals surface area (Å²) in [5.74, 6) is 0.198. The molecule has 2 N–H and O–H groups in total. The van der Waals surface area contributed by atoms with Crippen LogP contribution in [0, 0.1) is 0 Å². The summed E-state index contributed by atoms with van der Waals surface area (Å²) >= 11 is 1.25. The minimum Gasteiger partial charge on any atom is -0.462 e. The Morgan fingerprint density at radius 2 is 1.87 bits per heavy atom. The van der Waals surface area contributed by atoms with Crippen molar-refractivity contribution < 1.29 is 14.3 Å². The zero-order valence-corrected chi connectivity index (χ0v) is 17.8. The minimum absolute atomic E-state index is 0.0350. The molecular weight excluding hydrogens is 406 g/mol. The van der Waals surface area contributed by atoms with E-state index in [1.54, 1.807) is 25.4 Å². The maximum atomic E-state index is 13.0. The number of aromatic nitrogens is 4. The van der Waals surface area contributed by atoms with Crippen LogP contribution in [0.15, 0.2) is 29.8 Å². The SMILES string of the molecule is CCOC(=O)c1cnc(S[C@H](CC)C(=O)N2CCN(c3ncccn3)CC2)nc1N. The lowest BCUT2D eigenvalue weighted by Gasteiger charge is -2.36. The van der Waals surface area contributed by atoms with Crippen LogP contribution in [0.25, 0.3) is 0 Å². The number of nitrogens with two attached hydrogens (primary N) is 1. The lowest BCUT2D eigenvalue weighted by Crippen LogP contribution is -2.51. The normalized spacial score (nSPS) is 15.0. The summed E-state index contributed by atoms with van der Waals surface area (Å²) in [7, 11) is 0. The first kappa shape index (κ1) is 21.8. The first-order chi connectivity index (χ1) is 14.5. The molecular formula is C19H25N7O3S. The van der Waals surface area contributed by atoms with Gasteiger partial charge >= 0.3 is 5.97 Å². The smallest absolute Gasteiger partial charge is 0.343 e. The maximum absolute atomic E-state index is 13.0. The molecule has 0 spiro atoms. The Bertz CT molecular complexity index is 876. The fourth-order valence-corrected chi connectivity index (χ4v) is 3.96. The minimum atomic E-state index is -0.560. The van der Waals surface area contributed by atoms with Crippen molar-refractivity contribution in [1.29, 1.82) is 0 Å². The lowest BCUT2D eigenvalue weighted by molar-refractivity contribution is -0.130. The van der Waals surface area contributed by atoms with Gasteiger partial charge in [-0.2, -0.15) is 0 Å². The van der Waals surface area contributed by atoms with Gasteiger partial charge < -0.3 is 20.3 Å². The second-order valence-electron chi connectivity index (χ2n) is 6.55. The van der Waals surface area contributed by atoms with Crippen LogP contribution in [0.2, 0.25) is 0 Å². The number of carbonyl (C=O) groups excluding carboxylic acids is 2. The quantitative estimate of drug-likeness (QED) is 0.388. The van der Waals surface area contributed by atoms with Gasteiger partial charge in [0.15, 0.2) is 5.16 Å². The number of esters is 1. The Balaban J connectivity index is 1.60. The highest BCUT2D eigenvalue weighted by molar-refractivity contribution is 8.00. The van der Waals surface area contributed by atoms with Crippen LogP contribution in [-0.2, 0) is 9.53 Å². The lowest BCUT2D eigenvalue weighted by atomic mass is 10.2. The van der Waals surface area contributed by atoms with E-state index in [0.717, 1.165) is 0 Å². The van der Waals surface area contributed by atoms with Crippen molar-refractivity contribution in [2.24, 2.45) is 0 Å². The van der Waals surface area contributed by atoms with E-state index in [-0.39, 0.29) is 29.1 Å². The standard InChI is InChI=1S/C19H25N7O3S/c1-3-14(30-19-23-12-13(15(20)24-19)17(28)29-4-2)16(27)25-8-10-26(11-9-25)18-21-6-5-7-22-18/h5-7,12,14H,3-4,8-11H2,1-2H3,(H2,20,23,24)/t14-/m1/s1. The summed E-state index contributed by atoms with van der Waals surface area (Å²) in [6.45, 7) is 6.44. The van der Waals surface area contributed by atoms with Gasteiger partial charge in [0.25, 0.3) is 0 Å². The Morgan fingerprint density at radius 1 is 1.17 bits per heavy atom. The number of nitrogen functional groups attached to an aromatic ring is 1. The van der Waals surface area contributed by atoms with E-state index in [1.165, 1.54) is 18.0 Å². The number of hydrogen-bond donors (Lipinski definition) is 1. The van der Waals surface area contributed by atoms with E-state index in [9.17, 15) is 9.59 Å². The molecule has 0 unspecified atom stereocenters. The second kappa shape index (κ2) is 10.2. The van der Waals surface area contributed by atoms with Crippen molar-refractivity contribution in [3.05, 3.63) is 30.2 Å². The number of amides is 1. The largest absolute Gasteiger partial charge is 0.462 e. The van der Waals surface area contributed by atoms with Crippen LogP contribution >= 0.6 is 11.8 Å². The molecule has 0 aliphatic carbocycles. The third kappa shape index (κ3) is 5.15. The average molecular weight is 432 g/mol. The highest BCUT2D eigenvalue weighted by Crippen LogP contribution is 2.26. The molecule has 0 saturated carbocycles. The summed E-state index contributed by atoms with van der Waals surface area (Å²) in [5, 5.41) is 0.0226. The van der Waals surface area contributed by atoms with Crippen molar-refractivity contribution in [1.82, 2.24) is 24.8 Å². The molecule has 1 fully saturated rings. The van der Waals surface area contributed by atoms with Gasteiger partial charge in [0, 0.05) is 44.8 Å². The molecule has 1 aliphatic heterocycles. The molecule has 3 rings (SSSR count). The van der Waals surface area contributed by atoms with Crippen LogP contribution in [0.3, 0.4) is 0 Å². The van der Waals surface area contributed by atoms with Gasteiger partial charge in [-0.3, -0.25) is 4.79 Å². The van der Waals surface area contributed by atoms with E-state index in [2.05, 4.69) is 24.8 Å². The molecule has 1 saturated heterocycles. The Hall–Kier alpha value is -2.95. The molecule has 0 radical (unpaired) electrons. The van der Waals surface area contributed by atoms with Crippen LogP contribution in [0.4, 0.5) is 11.8 Å². The van der Waals surface area contributed by atoms with Gasteiger partial charge in [-0.25, -0.2) is 24.7 Å². The average Bonchev–Trinajstić information content (AvgIpc) is 2.78. The fourth-order valence-electron chi connectivity index (χ4n) is 3.02. The van der Waals surface area contributed by atoms with Crippen molar-refractivity contribution in [2.45, 2.75) is 30.7 Å². The van der Waals surface area contributed by atoms with Gasteiger partial charge in [-0.1, -0.05) is 18.7 Å². The third-order valence-corrected chi connectivity index (χ3v) is 5.84. The van der Waals surface area contributed by atoms with E-state index in [0.29, 0.717) is 43.7 Å². The predicted molar refractivity (Wildman–Crippen MR) is 113 cm³/mol. The maximum Gasteiger partial charge on any atom is 0.343 e. The monoisotopic (exact) mass is 431 g/mol. The van der Waals surface area contributed by atoms with Crippen LogP contribution in [-0.4, -0.2) is 74.7 Å². The Kier molecular flexibility index (Phi) is 7.39. The van der Waals surface area contributed by atoms with Crippen molar-refractivity contribution in [3.8, 4) is 0 Å². The molecule has 1 amide bonds. The first-order valence-electron chi connectivity index (χ1n) is 9.80. The van der Waals surface area contributed by atoms with E-state index in [1.807, 2.05) is 11.8 Å². The summed E-state index contributed by atoms with van der Waals surface area (Å²) in [6, 6.07) is 1.78. The molecule has 2 aromatic heterocycles. The number of thioether (sulfide) groups is 1. The highest BCUT2D eigenvalue weighted by atomic mass is 32.2. The second-order valence-corrected chi connectivity index (χ2v) is 7.72. The van der Waals surface area contributed by atoms with Crippen LogP contribution < -0.4 is 10.6 Å². The number of ether oxygens (including phenoxy) is 1.